The molecule has 1 atom stereocenters. The first-order chi connectivity index (χ1) is 13.6. The van der Waals surface area contributed by atoms with Crippen molar-refractivity contribution in [1.29, 1.82) is 0 Å². The fraction of sp³-hybridized carbons (Fsp3) is 0.286. The van der Waals surface area contributed by atoms with Gasteiger partial charge < -0.3 is 14.8 Å². The number of ether oxygens (including phenoxy) is 2. The summed E-state index contributed by atoms with van der Waals surface area (Å²) in [6, 6.07) is 17.2. The van der Waals surface area contributed by atoms with E-state index in [1.54, 1.807) is 0 Å². The van der Waals surface area contributed by atoms with Gasteiger partial charge in [-0.25, -0.2) is 9.59 Å². The lowest BCUT2D eigenvalue weighted by Gasteiger charge is -2.17. The van der Waals surface area contributed by atoms with Crippen molar-refractivity contribution in [3.63, 3.8) is 0 Å². The van der Waals surface area contributed by atoms with Crippen LogP contribution in [0.5, 0.6) is 0 Å². The fourth-order valence-corrected chi connectivity index (χ4v) is 2.92. The molecule has 0 saturated carbocycles. The highest BCUT2D eigenvalue weighted by Crippen LogP contribution is 2.10. The Kier molecular flexibility index (Phi) is 9.07. The first-order valence-corrected chi connectivity index (χ1v) is 9.90. The zero-order valence-corrected chi connectivity index (χ0v) is 16.4. The molecule has 0 aromatic heterocycles. The molecule has 148 valence electrons. The van der Waals surface area contributed by atoms with Gasteiger partial charge in [0.25, 0.3) is 0 Å². The van der Waals surface area contributed by atoms with E-state index in [1.165, 1.54) is 0 Å². The molecule has 0 heterocycles. The summed E-state index contributed by atoms with van der Waals surface area (Å²) in [6.45, 7) is 1.97. The second kappa shape index (κ2) is 11.8. The molecule has 2 aromatic rings. The van der Waals surface area contributed by atoms with Crippen molar-refractivity contribution < 1.29 is 23.9 Å². The van der Waals surface area contributed by atoms with E-state index < -0.39 is 18.1 Å². The van der Waals surface area contributed by atoms with Crippen LogP contribution in [0.4, 0.5) is 4.79 Å². The minimum Gasteiger partial charge on any atom is -0.459 e. The van der Waals surface area contributed by atoms with Crippen LogP contribution >= 0.6 is 11.8 Å². The molecule has 0 saturated heterocycles. The van der Waals surface area contributed by atoms with Crippen LogP contribution in [-0.2, 0) is 32.3 Å². The van der Waals surface area contributed by atoms with E-state index in [9.17, 15) is 14.4 Å². The summed E-state index contributed by atoms with van der Waals surface area (Å²) < 4.78 is 10.4. The van der Waals surface area contributed by atoms with Gasteiger partial charge in [0.05, 0.1) is 0 Å². The van der Waals surface area contributed by atoms with Crippen LogP contribution in [0.2, 0.25) is 0 Å². The minimum atomic E-state index is -1.10. The van der Waals surface area contributed by atoms with Crippen molar-refractivity contribution in [3.8, 4) is 0 Å². The van der Waals surface area contributed by atoms with E-state index in [2.05, 4.69) is 5.32 Å². The van der Waals surface area contributed by atoms with Crippen molar-refractivity contribution in [2.24, 2.45) is 0 Å². The van der Waals surface area contributed by atoms with Crippen LogP contribution in [0.15, 0.2) is 60.7 Å². The van der Waals surface area contributed by atoms with Gasteiger partial charge in [0, 0.05) is 6.42 Å². The number of amides is 1. The number of benzene rings is 2. The second-order valence-corrected chi connectivity index (χ2v) is 7.18. The van der Waals surface area contributed by atoms with Gasteiger partial charge in [-0.15, -0.1) is 0 Å². The van der Waals surface area contributed by atoms with Gasteiger partial charge in [-0.05, 0) is 16.9 Å². The molecule has 0 bridgehead atoms. The van der Waals surface area contributed by atoms with E-state index in [0.29, 0.717) is 5.75 Å². The quantitative estimate of drug-likeness (QED) is 0.646. The number of esters is 1. The molecule has 0 aliphatic carbocycles. The molecule has 0 fully saturated rings. The zero-order chi connectivity index (χ0) is 20.2. The van der Waals surface area contributed by atoms with Gasteiger partial charge in [0.2, 0.25) is 0 Å². The summed E-state index contributed by atoms with van der Waals surface area (Å²) in [5.74, 6) is -0.0890. The SMILES string of the molecule is CCSC(=O)C[C@H](NC(=O)OCc1ccccc1)C(=O)OCc1ccccc1. The summed E-state index contributed by atoms with van der Waals surface area (Å²) in [5, 5.41) is 2.24. The number of thioether (sulfide) groups is 1. The molecule has 0 aliphatic rings. The summed E-state index contributed by atoms with van der Waals surface area (Å²) in [5.41, 5.74) is 1.63. The Labute approximate surface area is 168 Å². The monoisotopic (exact) mass is 401 g/mol. The molecule has 1 amide bonds. The Morgan fingerprint density at radius 1 is 0.893 bits per heavy atom. The van der Waals surface area contributed by atoms with E-state index in [1.807, 2.05) is 67.6 Å². The number of nitrogens with one attached hydrogen (secondary N) is 1. The highest BCUT2D eigenvalue weighted by molar-refractivity contribution is 8.13. The van der Waals surface area contributed by atoms with Gasteiger partial charge in [0.1, 0.15) is 19.3 Å². The normalized spacial score (nSPS) is 11.3. The Hall–Kier alpha value is -2.80. The maximum atomic E-state index is 12.4. The smallest absolute Gasteiger partial charge is 0.408 e. The molecule has 1 N–H and O–H groups in total. The molecular formula is C21H23NO5S. The van der Waals surface area contributed by atoms with Crippen LogP contribution in [0.1, 0.15) is 24.5 Å². The second-order valence-electron chi connectivity index (χ2n) is 5.86. The van der Waals surface area contributed by atoms with Crippen molar-refractivity contribution in [3.05, 3.63) is 71.8 Å². The third-order valence-electron chi connectivity index (χ3n) is 3.69. The van der Waals surface area contributed by atoms with Gasteiger partial charge in [-0.3, -0.25) is 4.79 Å². The van der Waals surface area contributed by atoms with Crippen molar-refractivity contribution in [1.82, 2.24) is 5.32 Å². The van der Waals surface area contributed by atoms with Crippen molar-refractivity contribution in [2.45, 2.75) is 32.6 Å². The molecule has 6 nitrogen and oxygen atoms in total. The van der Waals surface area contributed by atoms with E-state index in [-0.39, 0.29) is 24.7 Å². The lowest BCUT2D eigenvalue weighted by atomic mass is 10.2. The van der Waals surface area contributed by atoms with E-state index >= 15 is 0 Å². The number of alkyl carbamates (subject to hydrolysis) is 1. The number of carbonyl (C=O) groups is 3. The van der Waals surface area contributed by atoms with Crippen molar-refractivity contribution >= 4 is 28.9 Å². The number of hydrogen-bond acceptors (Lipinski definition) is 6. The predicted molar refractivity (Wildman–Crippen MR) is 108 cm³/mol. The van der Waals surface area contributed by atoms with E-state index in [4.69, 9.17) is 9.47 Å². The fourth-order valence-electron chi connectivity index (χ4n) is 2.32. The summed E-state index contributed by atoms with van der Waals surface area (Å²) in [6.07, 6.45) is -0.938. The average Bonchev–Trinajstić information content (AvgIpc) is 2.71. The molecule has 0 radical (unpaired) electrons. The summed E-state index contributed by atoms with van der Waals surface area (Å²) >= 11 is 1.09. The third kappa shape index (κ3) is 7.84. The number of carbonyl (C=O) groups excluding carboxylic acids is 3. The third-order valence-corrected chi connectivity index (χ3v) is 4.47. The number of hydrogen-bond donors (Lipinski definition) is 1. The minimum absolute atomic E-state index is 0.0615. The highest BCUT2D eigenvalue weighted by atomic mass is 32.2. The molecule has 28 heavy (non-hydrogen) atoms. The van der Waals surface area contributed by atoms with Gasteiger partial charge in [0.15, 0.2) is 5.12 Å². The van der Waals surface area contributed by atoms with Gasteiger partial charge in [-0.2, -0.15) is 0 Å². The lowest BCUT2D eigenvalue weighted by Crippen LogP contribution is -2.43. The van der Waals surface area contributed by atoms with Crippen LogP contribution < -0.4 is 5.32 Å². The first-order valence-electron chi connectivity index (χ1n) is 8.92. The molecule has 0 spiro atoms. The molecule has 2 rings (SSSR count). The van der Waals surface area contributed by atoms with Crippen molar-refractivity contribution in [2.75, 3.05) is 5.75 Å². The average molecular weight is 401 g/mol. The molecule has 7 heteroatoms. The Balaban J connectivity index is 1.92. The Bertz CT molecular complexity index is 767. The highest BCUT2D eigenvalue weighted by Gasteiger charge is 2.26. The van der Waals surface area contributed by atoms with Crippen LogP contribution in [0.3, 0.4) is 0 Å². The van der Waals surface area contributed by atoms with Gasteiger partial charge in [-0.1, -0.05) is 79.3 Å². The largest absolute Gasteiger partial charge is 0.459 e. The maximum absolute atomic E-state index is 12.4. The van der Waals surface area contributed by atoms with E-state index in [0.717, 1.165) is 22.9 Å². The number of rotatable bonds is 9. The Morgan fingerprint density at radius 2 is 1.43 bits per heavy atom. The molecule has 0 unspecified atom stereocenters. The van der Waals surface area contributed by atoms with Crippen LogP contribution in [0.25, 0.3) is 0 Å². The topological polar surface area (TPSA) is 81.7 Å². The molecule has 2 aromatic carbocycles. The first kappa shape index (κ1) is 21.5. The molecule has 0 aliphatic heterocycles. The summed E-state index contributed by atoms with van der Waals surface area (Å²) in [4.78, 5) is 36.5. The molecular weight excluding hydrogens is 378 g/mol. The maximum Gasteiger partial charge on any atom is 0.408 e. The zero-order valence-electron chi connectivity index (χ0n) is 15.6. The Morgan fingerprint density at radius 3 is 1.96 bits per heavy atom. The van der Waals surface area contributed by atoms with Gasteiger partial charge >= 0.3 is 12.1 Å². The summed E-state index contributed by atoms with van der Waals surface area (Å²) in [7, 11) is 0. The predicted octanol–water partition coefficient (Wildman–Crippen LogP) is 3.69. The van der Waals surface area contributed by atoms with Crippen LogP contribution in [0, 0.1) is 0 Å². The standard InChI is InChI=1S/C21H23NO5S/c1-2-28-19(23)13-18(20(24)26-14-16-9-5-3-6-10-16)22-21(25)27-15-17-11-7-4-8-12-17/h3-12,18H,2,13-15H2,1H3,(H,22,25)/t18-/m0/s1. The lowest BCUT2D eigenvalue weighted by molar-refractivity contribution is -0.148. The van der Waals surface area contributed by atoms with Crippen LogP contribution in [-0.4, -0.2) is 29.0 Å².